The van der Waals surface area contributed by atoms with Crippen LogP contribution in [0.5, 0.6) is 0 Å². The first-order valence-electron chi connectivity index (χ1n) is 9.02. The largest absolute Gasteiger partial charge is 0.381 e. The predicted molar refractivity (Wildman–Crippen MR) is 94.5 cm³/mol. The molecule has 2 unspecified atom stereocenters. The Morgan fingerprint density at radius 3 is 2.71 bits per heavy atom. The fraction of sp³-hybridized carbons (Fsp3) is 0.632. The molecule has 0 saturated carbocycles. The van der Waals surface area contributed by atoms with E-state index in [4.69, 9.17) is 10.5 Å². The molecule has 2 fully saturated rings. The van der Waals surface area contributed by atoms with Gasteiger partial charge in [0.1, 0.15) is 0 Å². The molecule has 5 heteroatoms. The third kappa shape index (κ3) is 4.15. The molecule has 2 aliphatic rings. The zero-order chi connectivity index (χ0) is 17.0. The van der Waals surface area contributed by atoms with Crippen molar-refractivity contribution in [3.05, 3.63) is 35.9 Å². The number of hydrogen-bond acceptors (Lipinski definition) is 4. The SMILES string of the molecule is CC1CC(NC(=O)C2(N)CCOCC2)CCN1Cc1ccccc1. The molecule has 2 heterocycles. The van der Waals surface area contributed by atoms with Gasteiger partial charge in [-0.05, 0) is 38.2 Å². The Kier molecular flexibility index (Phi) is 5.54. The number of benzene rings is 1. The summed E-state index contributed by atoms with van der Waals surface area (Å²) in [6.07, 6.45) is 3.18. The number of amides is 1. The Hall–Kier alpha value is -1.43. The summed E-state index contributed by atoms with van der Waals surface area (Å²) in [7, 11) is 0. The molecule has 0 aliphatic carbocycles. The standard InChI is InChI=1S/C19H29N3O2/c1-15-13-17(21-18(23)19(20)8-11-24-12-9-19)7-10-22(15)14-16-5-3-2-4-6-16/h2-6,15,17H,7-14,20H2,1H3,(H,21,23). The van der Waals surface area contributed by atoms with Crippen LogP contribution in [0.4, 0.5) is 0 Å². The second kappa shape index (κ2) is 7.64. The number of rotatable bonds is 4. The second-order valence-electron chi connectivity index (χ2n) is 7.27. The molecular weight excluding hydrogens is 302 g/mol. The van der Waals surface area contributed by atoms with Crippen molar-refractivity contribution in [3.8, 4) is 0 Å². The summed E-state index contributed by atoms with van der Waals surface area (Å²) in [4.78, 5) is 15.1. The lowest BCUT2D eigenvalue weighted by Crippen LogP contribution is -2.60. The number of carbonyl (C=O) groups excluding carboxylic acids is 1. The first kappa shape index (κ1) is 17.4. The van der Waals surface area contributed by atoms with Gasteiger partial charge in [-0.15, -0.1) is 0 Å². The van der Waals surface area contributed by atoms with E-state index in [9.17, 15) is 4.79 Å². The van der Waals surface area contributed by atoms with E-state index in [1.807, 2.05) is 6.07 Å². The van der Waals surface area contributed by atoms with E-state index in [0.717, 1.165) is 25.9 Å². The highest BCUT2D eigenvalue weighted by atomic mass is 16.5. The van der Waals surface area contributed by atoms with Crippen LogP contribution in [0.2, 0.25) is 0 Å². The maximum atomic E-state index is 12.6. The third-order valence-corrected chi connectivity index (χ3v) is 5.41. The maximum absolute atomic E-state index is 12.6. The van der Waals surface area contributed by atoms with E-state index in [0.29, 0.717) is 32.1 Å². The summed E-state index contributed by atoms with van der Waals surface area (Å²) in [5.41, 5.74) is 6.88. The molecule has 132 valence electrons. The van der Waals surface area contributed by atoms with Gasteiger partial charge < -0.3 is 15.8 Å². The molecule has 0 radical (unpaired) electrons. The van der Waals surface area contributed by atoms with Crippen LogP contribution in [0.1, 0.15) is 38.2 Å². The molecule has 2 atom stereocenters. The molecule has 1 aromatic carbocycles. The number of nitrogens with zero attached hydrogens (tertiary/aromatic N) is 1. The van der Waals surface area contributed by atoms with Gasteiger partial charge in [-0.3, -0.25) is 9.69 Å². The predicted octanol–water partition coefficient (Wildman–Crippen LogP) is 1.66. The van der Waals surface area contributed by atoms with E-state index in [1.54, 1.807) is 0 Å². The average molecular weight is 331 g/mol. The normalized spacial score (nSPS) is 27.6. The van der Waals surface area contributed by atoms with Gasteiger partial charge in [-0.1, -0.05) is 30.3 Å². The molecule has 24 heavy (non-hydrogen) atoms. The molecule has 1 aromatic rings. The highest BCUT2D eigenvalue weighted by Gasteiger charge is 2.37. The Labute approximate surface area is 144 Å². The molecule has 0 spiro atoms. The van der Waals surface area contributed by atoms with Crippen LogP contribution in [0, 0.1) is 0 Å². The van der Waals surface area contributed by atoms with Gasteiger partial charge in [0.25, 0.3) is 0 Å². The van der Waals surface area contributed by atoms with Crippen LogP contribution in [0.25, 0.3) is 0 Å². The smallest absolute Gasteiger partial charge is 0.240 e. The number of piperidine rings is 1. The van der Waals surface area contributed by atoms with Crippen molar-refractivity contribution in [2.75, 3.05) is 19.8 Å². The topological polar surface area (TPSA) is 67.6 Å². The van der Waals surface area contributed by atoms with Gasteiger partial charge >= 0.3 is 0 Å². The van der Waals surface area contributed by atoms with Gasteiger partial charge in [0.15, 0.2) is 0 Å². The number of carbonyl (C=O) groups is 1. The molecule has 1 amide bonds. The summed E-state index contributed by atoms with van der Waals surface area (Å²) < 4.78 is 5.33. The van der Waals surface area contributed by atoms with Crippen LogP contribution >= 0.6 is 0 Å². The molecule has 0 bridgehead atoms. The summed E-state index contributed by atoms with van der Waals surface area (Å²) in [5, 5.41) is 3.20. The van der Waals surface area contributed by atoms with Gasteiger partial charge in [0.05, 0.1) is 5.54 Å². The molecule has 2 aliphatic heterocycles. The van der Waals surface area contributed by atoms with Crippen molar-refractivity contribution in [2.24, 2.45) is 5.73 Å². The van der Waals surface area contributed by atoms with E-state index in [1.165, 1.54) is 5.56 Å². The van der Waals surface area contributed by atoms with Crippen molar-refractivity contribution in [3.63, 3.8) is 0 Å². The summed E-state index contributed by atoms with van der Waals surface area (Å²) in [6.45, 7) is 5.38. The zero-order valence-corrected chi connectivity index (χ0v) is 14.5. The fourth-order valence-corrected chi connectivity index (χ4v) is 3.70. The minimum Gasteiger partial charge on any atom is -0.381 e. The van der Waals surface area contributed by atoms with Crippen LogP contribution in [-0.4, -0.2) is 48.2 Å². The maximum Gasteiger partial charge on any atom is 0.240 e. The van der Waals surface area contributed by atoms with E-state index in [-0.39, 0.29) is 11.9 Å². The Morgan fingerprint density at radius 1 is 1.33 bits per heavy atom. The molecule has 5 nitrogen and oxygen atoms in total. The number of ether oxygens (including phenoxy) is 1. The van der Waals surface area contributed by atoms with E-state index in [2.05, 4.69) is 41.4 Å². The van der Waals surface area contributed by atoms with Crippen molar-refractivity contribution < 1.29 is 9.53 Å². The monoisotopic (exact) mass is 331 g/mol. The van der Waals surface area contributed by atoms with Crippen molar-refractivity contribution in [2.45, 2.75) is 56.8 Å². The van der Waals surface area contributed by atoms with E-state index < -0.39 is 5.54 Å². The van der Waals surface area contributed by atoms with Crippen LogP contribution in [0.3, 0.4) is 0 Å². The highest BCUT2D eigenvalue weighted by Crippen LogP contribution is 2.22. The van der Waals surface area contributed by atoms with Gasteiger partial charge in [-0.2, -0.15) is 0 Å². The Morgan fingerprint density at radius 2 is 2.04 bits per heavy atom. The van der Waals surface area contributed by atoms with Crippen LogP contribution in [0.15, 0.2) is 30.3 Å². The third-order valence-electron chi connectivity index (χ3n) is 5.41. The first-order valence-corrected chi connectivity index (χ1v) is 9.02. The number of nitrogens with one attached hydrogen (secondary N) is 1. The van der Waals surface area contributed by atoms with Gasteiger partial charge in [0, 0.05) is 38.4 Å². The molecule has 2 saturated heterocycles. The fourth-order valence-electron chi connectivity index (χ4n) is 3.70. The molecule has 3 rings (SSSR count). The van der Waals surface area contributed by atoms with Crippen molar-refractivity contribution in [1.82, 2.24) is 10.2 Å². The van der Waals surface area contributed by atoms with Crippen molar-refractivity contribution >= 4 is 5.91 Å². The van der Waals surface area contributed by atoms with Crippen LogP contribution in [-0.2, 0) is 16.1 Å². The molecular formula is C19H29N3O2. The lowest BCUT2D eigenvalue weighted by Gasteiger charge is -2.40. The molecule has 0 aromatic heterocycles. The zero-order valence-electron chi connectivity index (χ0n) is 14.5. The highest BCUT2D eigenvalue weighted by molar-refractivity contribution is 5.86. The Bertz CT molecular complexity index is 543. The Balaban J connectivity index is 1.51. The molecule has 3 N–H and O–H groups in total. The number of likely N-dealkylation sites (tertiary alicyclic amines) is 1. The quantitative estimate of drug-likeness (QED) is 0.881. The first-order chi connectivity index (χ1) is 11.6. The average Bonchev–Trinajstić information content (AvgIpc) is 2.59. The van der Waals surface area contributed by atoms with Gasteiger partial charge in [-0.25, -0.2) is 0 Å². The lowest BCUT2D eigenvalue weighted by molar-refractivity contribution is -0.131. The summed E-state index contributed by atoms with van der Waals surface area (Å²) in [5.74, 6) is -0.000454. The summed E-state index contributed by atoms with van der Waals surface area (Å²) in [6, 6.07) is 11.2. The van der Waals surface area contributed by atoms with Crippen molar-refractivity contribution in [1.29, 1.82) is 0 Å². The van der Waals surface area contributed by atoms with Crippen LogP contribution < -0.4 is 11.1 Å². The number of nitrogens with two attached hydrogens (primary N) is 1. The minimum atomic E-state index is -0.747. The minimum absolute atomic E-state index is 0.000454. The van der Waals surface area contributed by atoms with Gasteiger partial charge in [0.2, 0.25) is 5.91 Å². The second-order valence-corrected chi connectivity index (χ2v) is 7.27. The number of hydrogen-bond donors (Lipinski definition) is 2. The van der Waals surface area contributed by atoms with E-state index >= 15 is 0 Å². The lowest BCUT2D eigenvalue weighted by atomic mass is 9.89. The summed E-state index contributed by atoms with van der Waals surface area (Å²) >= 11 is 0.